The molecular formula is C29H26N4O6. The number of aromatic nitrogens is 3. The van der Waals surface area contributed by atoms with Gasteiger partial charge in [-0.15, -0.1) is 0 Å². The number of rotatable bonds is 5. The van der Waals surface area contributed by atoms with Crippen LogP contribution in [-0.4, -0.2) is 52.5 Å². The third-order valence-corrected chi connectivity index (χ3v) is 8.11. The van der Waals surface area contributed by atoms with Gasteiger partial charge in [0.2, 0.25) is 0 Å². The van der Waals surface area contributed by atoms with E-state index in [1.54, 1.807) is 37.6 Å². The lowest BCUT2D eigenvalue weighted by molar-refractivity contribution is -0.0138. The van der Waals surface area contributed by atoms with E-state index in [1.807, 2.05) is 12.1 Å². The standard InChI is InChI=1S/C29H26N4O6/c1-37-22-14-17(13-19-18(22)6-9-31-24(19)15-2-3-15)25(34)23-26(35)20-12-16(27-32-28(36)39-33-27)4-5-21(20)38-29(23)7-10-30-11-8-29/h4-6,9,12-15,23,30H,2-3,7-8,10-11H2,1H3,(H,32,33,36)/t23-/m1/s1. The topological polar surface area (TPSA) is 136 Å². The zero-order valence-electron chi connectivity index (χ0n) is 21.3. The SMILES string of the molecule is COc1cc(C(=O)[C@@H]2C(=O)c3cc(-c4noc(=O)[nH]4)ccc3OC23CCNCC3)cc2c(C3CC3)nccc12. The molecule has 2 N–H and O–H groups in total. The summed E-state index contributed by atoms with van der Waals surface area (Å²) in [6.45, 7) is 1.25. The van der Waals surface area contributed by atoms with Crippen molar-refractivity contribution in [2.24, 2.45) is 5.92 Å². The molecule has 10 nitrogen and oxygen atoms in total. The van der Waals surface area contributed by atoms with E-state index in [2.05, 4.69) is 25.0 Å². The van der Waals surface area contributed by atoms with Crippen molar-refractivity contribution in [3.63, 3.8) is 0 Å². The molecule has 39 heavy (non-hydrogen) atoms. The largest absolute Gasteiger partial charge is 0.496 e. The molecule has 1 saturated heterocycles. The number of benzene rings is 2. The van der Waals surface area contributed by atoms with E-state index in [0.717, 1.165) is 29.3 Å². The summed E-state index contributed by atoms with van der Waals surface area (Å²) in [4.78, 5) is 47.2. The Morgan fingerprint density at radius 1 is 1.08 bits per heavy atom. The van der Waals surface area contributed by atoms with E-state index >= 15 is 0 Å². The fourth-order valence-electron chi connectivity index (χ4n) is 6.02. The first kappa shape index (κ1) is 23.8. The summed E-state index contributed by atoms with van der Waals surface area (Å²) in [5, 5.41) is 8.82. The van der Waals surface area contributed by atoms with E-state index in [-0.39, 0.29) is 23.0 Å². The summed E-state index contributed by atoms with van der Waals surface area (Å²) in [7, 11) is 1.58. The second kappa shape index (κ2) is 8.88. The van der Waals surface area contributed by atoms with Gasteiger partial charge in [0, 0.05) is 46.9 Å². The lowest BCUT2D eigenvalue weighted by atomic mass is 9.70. The number of hydrogen-bond acceptors (Lipinski definition) is 9. The molecule has 3 aliphatic rings. The zero-order valence-corrected chi connectivity index (χ0v) is 21.3. The molecule has 1 spiro atoms. The van der Waals surface area contributed by atoms with Crippen LogP contribution < -0.4 is 20.5 Å². The smallest absolute Gasteiger partial charge is 0.439 e. The first-order valence-electron chi connectivity index (χ1n) is 13.1. The summed E-state index contributed by atoms with van der Waals surface area (Å²) < 4.78 is 16.9. The lowest BCUT2D eigenvalue weighted by Crippen LogP contribution is -2.58. The minimum Gasteiger partial charge on any atom is -0.496 e. The normalized spacial score (nSPS) is 20.0. The number of carbonyl (C=O) groups excluding carboxylic acids is 2. The molecule has 0 bridgehead atoms. The van der Waals surface area contributed by atoms with E-state index in [1.165, 1.54) is 0 Å². The van der Waals surface area contributed by atoms with Crippen LogP contribution >= 0.6 is 0 Å². The van der Waals surface area contributed by atoms with E-state index in [4.69, 9.17) is 9.47 Å². The van der Waals surface area contributed by atoms with Crippen LogP contribution in [-0.2, 0) is 0 Å². The average molecular weight is 527 g/mol. The number of methoxy groups -OCH3 is 1. The number of nitrogens with zero attached hydrogens (tertiary/aromatic N) is 2. The van der Waals surface area contributed by atoms with Crippen LogP contribution in [0.25, 0.3) is 22.2 Å². The first-order valence-corrected chi connectivity index (χ1v) is 13.1. The van der Waals surface area contributed by atoms with Crippen molar-refractivity contribution in [1.29, 1.82) is 0 Å². The van der Waals surface area contributed by atoms with Crippen molar-refractivity contribution in [1.82, 2.24) is 20.4 Å². The van der Waals surface area contributed by atoms with Gasteiger partial charge in [-0.05, 0) is 62.3 Å². The van der Waals surface area contributed by atoms with Crippen molar-refractivity contribution in [3.05, 3.63) is 70.0 Å². The Balaban J connectivity index is 1.36. The van der Waals surface area contributed by atoms with Crippen LogP contribution in [0.1, 0.15) is 58.0 Å². The van der Waals surface area contributed by atoms with E-state index in [0.29, 0.717) is 54.5 Å². The number of Topliss-reactive ketones (excluding diaryl/α,β-unsaturated/α-hetero) is 2. The molecule has 0 unspecified atom stereocenters. The fraction of sp³-hybridized carbons (Fsp3) is 0.345. The Morgan fingerprint density at radius 2 is 1.90 bits per heavy atom. The number of fused-ring (bicyclic) bond motifs is 2. The van der Waals surface area contributed by atoms with Gasteiger partial charge in [-0.3, -0.25) is 24.1 Å². The molecule has 10 heteroatoms. The minimum absolute atomic E-state index is 0.194. The Bertz CT molecular complexity index is 1700. The molecule has 2 fully saturated rings. The van der Waals surface area contributed by atoms with Gasteiger partial charge in [0.15, 0.2) is 17.4 Å². The molecule has 2 aliphatic heterocycles. The van der Waals surface area contributed by atoms with E-state index < -0.39 is 17.3 Å². The predicted molar refractivity (Wildman–Crippen MR) is 140 cm³/mol. The van der Waals surface area contributed by atoms with Gasteiger partial charge in [0.1, 0.15) is 23.0 Å². The van der Waals surface area contributed by atoms with Crippen molar-refractivity contribution in [2.75, 3.05) is 20.2 Å². The zero-order chi connectivity index (χ0) is 26.7. The maximum Gasteiger partial charge on any atom is 0.439 e. The molecule has 2 aromatic carbocycles. The molecular weight excluding hydrogens is 500 g/mol. The minimum atomic E-state index is -1.05. The summed E-state index contributed by atoms with van der Waals surface area (Å²) in [6, 6.07) is 10.5. The van der Waals surface area contributed by atoms with E-state index in [9.17, 15) is 14.4 Å². The van der Waals surface area contributed by atoms with Crippen LogP contribution in [0.5, 0.6) is 11.5 Å². The van der Waals surface area contributed by atoms with Crippen LogP contribution in [0.15, 0.2) is 51.9 Å². The third-order valence-electron chi connectivity index (χ3n) is 8.11. The summed E-state index contributed by atoms with van der Waals surface area (Å²) in [5.41, 5.74) is 1.13. The Kier molecular flexibility index (Phi) is 5.41. The first-order chi connectivity index (χ1) is 19.0. The molecule has 7 rings (SSSR count). The highest BCUT2D eigenvalue weighted by Gasteiger charge is 2.54. The van der Waals surface area contributed by atoms with Crippen molar-refractivity contribution in [3.8, 4) is 22.9 Å². The van der Waals surface area contributed by atoms with Crippen LogP contribution in [0.2, 0.25) is 0 Å². The number of H-pyrrole nitrogens is 1. The maximum atomic E-state index is 14.4. The molecule has 4 aromatic rings. The molecule has 0 radical (unpaired) electrons. The second-order valence-electron chi connectivity index (χ2n) is 10.5. The number of piperidine rings is 1. The predicted octanol–water partition coefficient (Wildman–Crippen LogP) is 3.66. The number of nitrogens with one attached hydrogen (secondary N) is 2. The van der Waals surface area contributed by atoms with Gasteiger partial charge < -0.3 is 14.8 Å². The van der Waals surface area contributed by atoms with Crippen LogP contribution in [0.4, 0.5) is 0 Å². The average Bonchev–Trinajstić information content (AvgIpc) is 3.71. The number of carbonyl (C=O) groups is 2. The quantitative estimate of drug-likeness (QED) is 0.295. The van der Waals surface area contributed by atoms with Gasteiger partial charge in [0.25, 0.3) is 0 Å². The van der Waals surface area contributed by atoms with Crippen molar-refractivity contribution in [2.45, 2.75) is 37.2 Å². The molecule has 0 amide bonds. The summed E-state index contributed by atoms with van der Waals surface area (Å²) >= 11 is 0. The molecule has 1 saturated carbocycles. The Morgan fingerprint density at radius 3 is 2.62 bits per heavy atom. The van der Waals surface area contributed by atoms with Gasteiger partial charge >= 0.3 is 5.76 Å². The molecule has 1 atom stereocenters. The summed E-state index contributed by atoms with van der Waals surface area (Å²) in [6.07, 6.45) is 4.92. The summed E-state index contributed by atoms with van der Waals surface area (Å²) in [5.74, 6) is -0.827. The number of ketones is 2. The van der Waals surface area contributed by atoms with Gasteiger partial charge in [0.05, 0.1) is 18.4 Å². The van der Waals surface area contributed by atoms with Crippen LogP contribution in [0, 0.1) is 5.92 Å². The van der Waals surface area contributed by atoms with Gasteiger partial charge in [-0.2, -0.15) is 0 Å². The highest BCUT2D eigenvalue weighted by molar-refractivity contribution is 6.19. The Labute approximate surface area is 222 Å². The molecule has 2 aromatic heterocycles. The van der Waals surface area contributed by atoms with Crippen molar-refractivity contribution >= 4 is 22.3 Å². The fourth-order valence-corrected chi connectivity index (χ4v) is 6.02. The van der Waals surface area contributed by atoms with Crippen LogP contribution in [0.3, 0.4) is 0 Å². The molecule has 1 aliphatic carbocycles. The third kappa shape index (κ3) is 3.85. The Hall–Kier alpha value is -4.31. The number of ether oxygens (including phenoxy) is 2. The maximum absolute atomic E-state index is 14.4. The number of hydrogen-bond donors (Lipinski definition) is 2. The van der Waals surface area contributed by atoms with Crippen molar-refractivity contribution < 1.29 is 23.6 Å². The lowest BCUT2D eigenvalue weighted by Gasteiger charge is -2.45. The van der Waals surface area contributed by atoms with Gasteiger partial charge in [-0.25, -0.2) is 4.79 Å². The molecule has 4 heterocycles. The highest BCUT2D eigenvalue weighted by atomic mass is 16.5. The second-order valence-corrected chi connectivity index (χ2v) is 10.5. The number of pyridine rings is 1. The molecule has 198 valence electrons. The number of aromatic amines is 1. The van der Waals surface area contributed by atoms with Gasteiger partial charge in [-0.1, -0.05) is 5.16 Å². The highest BCUT2D eigenvalue weighted by Crippen LogP contribution is 2.46. The monoisotopic (exact) mass is 526 g/mol.